The number of thiophene rings is 1. The van der Waals surface area contributed by atoms with Crippen LogP contribution >= 0.6 is 11.3 Å². The Bertz CT molecular complexity index is 1080. The Labute approximate surface area is 172 Å². The van der Waals surface area contributed by atoms with E-state index in [0.717, 1.165) is 11.1 Å². The van der Waals surface area contributed by atoms with E-state index in [-0.39, 0.29) is 17.4 Å². The number of hydrogen-bond donors (Lipinski definition) is 2. The maximum atomic E-state index is 13.2. The van der Waals surface area contributed by atoms with Crippen molar-refractivity contribution < 1.29 is 14.4 Å². The van der Waals surface area contributed by atoms with Gasteiger partial charge in [0, 0.05) is 18.5 Å². The van der Waals surface area contributed by atoms with Crippen molar-refractivity contribution in [3.05, 3.63) is 88.3 Å². The molecule has 1 aliphatic heterocycles. The normalized spacial score (nSPS) is 15.4. The van der Waals surface area contributed by atoms with Crippen molar-refractivity contribution in [1.82, 2.24) is 4.90 Å². The van der Waals surface area contributed by atoms with Crippen molar-refractivity contribution in [2.24, 2.45) is 5.73 Å². The third-order valence-corrected chi connectivity index (χ3v) is 5.83. The van der Waals surface area contributed by atoms with Crippen LogP contribution in [0.5, 0.6) is 0 Å². The van der Waals surface area contributed by atoms with Crippen LogP contribution in [0, 0.1) is 0 Å². The number of hydrogen-bond acceptors (Lipinski definition) is 4. The molecule has 4 rings (SSSR count). The SMILES string of the molecule is NC(=O)c1ccsc1NC(=O)[C@@H]1Cc2ccccc2CN1C(=O)c1ccccc1. The second-order valence-corrected chi connectivity index (χ2v) is 7.72. The first-order valence-corrected chi connectivity index (χ1v) is 10.0. The van der Waals surface area contributed by atoms with Crippen LogP contribution in [0.4, 0.5) is 5.00 Å². The molecule has 0 radical (unpaired) electrons. The van der Waals surface area contributed by atoms with E-state index in [1.54, 1.807) is 40.6 Å². The Balaban J connectivity index is 1.66. The molecule has 0 aliphatic carbocycles. The van der Waals surface area contributed by atoms with E-state index in [2.05, 4.69) is 5.32 Å². The average Bonchev–Trinajstić information content (AvgIpc) is 3.21. The second-order valence-electron chi connectivity index (χ2n) is 6.80. The Hall–Kier alpha value is -3.45. The van der Waals surface area contributed by atoms with Crippen molar-refractivity contribution >= 4 is 34.1 Å². The molecule has 2 aromatic carbocycles. The van der Waals surface area contributed by atoms with Gasteiger partial charge in [-0.05, 0) is 34.7 Å². The van der Waals surface area contributed by atoms with Gasteiger partial charge in [-0.3, -0.25) is 14.4 Å². The molecule has 1 aromatic heterocycles. The number of amides is 3. The number of primary amides is 1. The fourth-order valence-electron chi connectivity index (χ4n) is 3.51. The van der Waals surface area contributed by atoms with Crippen molar-refractivity contribution in [2.75, 3.05) is 5.32 Å². The summed E-state index contributed by atoms with van der Waals surface area (Å²) in [6.45, 7) is 0.342. The summed E-state index contributed by atoms with van der Waals surface area (Å²) in [4.78, 5) is 39.5. The summed E-state index contributed by atoms with van der Waals surface area (Å²) in [6.07, 6.45) is 0.401. The zero-order chi connectivity index (χ0) is 20.4. The van der Waals surface area contributed by atoms with Crippen LogP contribution in [-0.2, 0) is 17.8 Å². The van der Waals surface area contributed by atoms with Gasteiger partial charge < -0.3 is 16.0 Å². The predicted octanol–water partition coefficient (Wildman–Crippen LogP) is 3.05. The van der Waals surface area contributed by atoms with Crippen molar-refractivity contribution in [1.29, 1.82) is 0 Å². The number of carbonyl (C=O) groups is 3. The molecule has 3 amide bonds. The summed E-state index contributed by atoms with van der Waals surface area (Å²) in [5.41, 5.74) is 8.23. The number of benzene rings is 2. The Morgan fingerprint density at radius 3 is 2.38 bits per heavy atom. The Kier molecular flexibility index (Phi) is 5.14. The van der Waals surface area contributed by atoms with Gasteiger partial charge in [-0.1, -0.05) is 42.5 Å². The highest BCUT2D eigenvalue weighted by atomic mass is 32.1. The monoisotopic (exact) mass is 405 g/mol. The second kappa shape index (κ2) is 7.89. The lowest BCUT2D eigenvalue weighted by Crippen LogP contribution is -2.50. The lowest BCUT2D eigenvalue weighted by atomic mass is 9.92. The minimum atomic E-state index is -0.694. The van der Waals surface area contributed by atoms with E-state index < -0.39 is 11.9 Å². The summed E-state index contributed by atoms with van der Waals surface area (Å²) < 4.78 is 0. The van der Waals surface area contributed by atoms with Gasteiger partial charge in [0.05, 0.1) is 5.56 Å². The number of rotatable bonds is 4. The third kappa shape index (κ3) is 3.77. The molecule has 7 heteroatoms. The largest absolute Gasteiger partial charge is 0.366 e. The first-order valence-electron chi connectivity index (χ1n) is 9.15. The first-order chi connectivity index (χ1) is 14.0. The van der Waals surface area contributed by atoms with Crippen molar-refractivity contribution in [3.8, 4) is 0 Å². The molecule has 0 unspecified atom stereocenters. The van der Waals surface area contributed by atoms with Gasteiger partial charge in [-0.2, -0.15) is 0 Å². The van der Waals surface area contributed by atoms with E-state index in [0.29, 0.717) is 23.5 Å². The van der Waals surface area contributed by atoms with E-state index in [1.165, 1.54) is 11.3 Å². The maximum Gasteiger partial charge on any atom is 0.254 e. The molecule has 3 aromatic rings. The average molecular weight is 405 g/mol. The van der Waals surface area contributed by atoms with E-state index in [4.69, 9.17) is 5.73 Å². The van der Waals surface area contributed by atoms with Crippen LogP contribution in [0.1, 0.15) is 31.8 Å². The molecule has 146 valence electrons. The molecule has 1 aliphatic rings. The van der Waals surface area contributed by atoms with Gasteiger partial charge in [0.2, 0.25) is 5.91 Å². The standard InChI is InChI=1S/C22H19N3O3S/c23-19(26)17-10-11-29-21(17)24-20(27)18-12-15-8-4-5-9-16(15)13-25(18)22(28)14-6-2-1-3-7-14/h1-11,18H,12-13H2,(H2,23,26)(H,24,27)/t18-/m0/s1. The Morgan fingerprint density at radius 2 is 1.66 bits per heavy atom. The minimum Gasteiger partial charge on any atom is -0.366 e. The van der Waals surface area contributed by atoms with Crippen LogP contribution in [0.2, 0.25) is 0 Å². The number of anilines is 1. The molecule has 1 atom stereocenters. The molecular formula is C22H19N3O3S. The van der Waals surface area contributed by atoms with Gasteiger partial charge in [0.1, 0.15) is 11.0 Å². The summed E-state index contributed by atoms with van der Waals surface area (Å²) in [6, 6.07) is 17.6. The van der Waals surface area contributed by atoms with Gasteiger partial charge in [-0.15, -0.1) is 11.3 Å². The molecule has 3 N–H and O–H groups in total. The molecule has 0 bridgehead atoms. The van der Waals surface area contributed by atoms with Crippen molar-refractivity contribution in [2.45, 2.75) is 19.0 Å². The fourth-order valence-corrected chi connectivity index (χ4v) is 4.31. The molecule has 2 heterocycles. The summed E-state index contributed by atoms with van der Waals surface area (Å²) >= 11 is 1.23. The molecule has 29 heavy (non-hydrogen) atoms. The summed E-state index contributed by atoms with van der Waals surface area (Å²) in [5.74, 6) is -1.15. The number of nitrogens with zero attached hydrogens (tertiary/aromatic N) is 1. The highest BCUT2D eigenvalue weighted by Gasteiger charge is 2.35. The van der Waals surface area contributed by atoms with E-state index in [1.807, 2.05) is 30.3 Å². The van der Waals surface area contributed by atoms with Crippen LogP contribution in [0.25, 0.3) is 0 Å². The van der Waals surface area contributed by atoms with Crippen LogP contribution in [-0.4, -0.2) is 28.7 Å². The van der Waals surface area contributed by atoms with Gasteiger partial charge in [0.15, 0.2) is 0 Å². The Morgan fingerprint density at radius 1 is 0.966 bits per heavy atom. The number of carbonyl (C=O) groups excluding carboxylic acids is 3. The number of nitrogens with two attached hydrogens (primary N) is 1. The third-order valence-electron chi connectivity index (χ3n) is 5.00. The van der Waals surface area contributed by atoms with Crippen LogP contribution in [0.15, 0.2) is 66.0 Å². The van der Waals surface area contributed by atoms with Crippen LogP contribution < -0.4 is 11.1 Å². The zero-order valence-electron chi connectivity index (χ0n) is 15.5. The number of fused-ring (bicyclic) bond motifs is 1. The highest BCUT2D eigenvalue weighted by molar-refractivity contribution is 7.14. The van der Waals surface area contributed by atoms with Gasteiger partial charge >= 0.3 is 0 Å². The molecule has 0 spiro atoms. The van der Waals surface area contributed by atoms with E-state index >= 15 is 0 Å². The molecule has 0 saturated carbocycles. The lowest BCUT2D eigenvalue weighted by molar-refractivity contribution is -0.121. The van der Waals surface area contributed by atoms with Gasteiger partial charge in [-0.25, -0.2) is 0 Å². The number of nitrogens with one attached hydrogen (secondary N) is 1. The lowest BCUT2D eigenvalue weighted by Gasteiger charge is -2.36. The quantitative estimate of drug-likeness (QED) is 0.699. The van der Waals surface area contributed by atoms with Crippen LogP contribution in [0.3, 0.4) is 0 Å². The molecule has 0 fully saturated rings. The van der Waals surface area contributed by atoms with E-state index in [9.17, 15) is 14.4 Å². The summed E-state index contributed by atoms with van der Waals surface area (Å²) in [7, 11) is 0. The topological polar surface area (TPSA) is 92.5 Å². The minimum absolute atomic E-state index is 0.207. The maximum absolute atomic E-state index is 13.2. The predicted molar refractivity (Wildman–Crippen MR) is 112 cm³/mol. The first kappa shape index (κ1) is 18.9. The fraction of sp³-hybridized carbons (Fsp3) is 0.136. The molecular weight excluding hydrogens is 386 g/mol. The highest BCUT2D eigenvalue weighted by Crippen LogP contribution is 2.28. The smallest absolute Gasteiger partial charge is 0.254 e. The zero-order valence-corrected chi connectivity index (χ0v) is 16.3. The summed E-state index contributed by atoms with van der Waals surface area (Å²) in [5, 5.41) is 4.88. The molecule has 0 saturated heterocycles. The molecule has 6 nitrogen and oxygen atoms in total. The van der Waals surface area contributed by atoms with Crippen molar-refractivity contribution in [3.63, 3.8) is 0 Å². The van der Waals surface area contributed by atoms with Gasteiger partial charge in [0.25, 0.3) is 11.8 Å².